The summed E-state index contributed by atoms with van der Waals surface area (Å²) in [6.07, 6.45) is 6.10. The number of hydrogen-bond acceptors (Lipinski definition) is 3. The Bertz CT molecular complexity index is 821. The maximum absolute atomic E-state index is 11.9. The fourth-order valence-electron chi connectivity index (χ4n) is 3.35. The van der Waals surface area contributed by atoms with Crippen LogP contribution in [0.2, 0.25) is 0 Å². The van der Waals surface area contributed by atoms with E-state index in [1.165, 1.54) is 17.5 Å². The number of fused-ring (bicyclic) bond motifs is 1. The highest BCUT2D eigenvalue weighted by Crippen LogP contribution is 2.34. The Balaban J connectivity index is 2.08. The smallest absolute Gasteiger partial charge is 0.336 e. The van der Waals surface area contributed by atoms with Crippen LogP contribution in [-0.4, -0.2) is 25.3 Å². The van der Waals surface area contributed by atoms with Crippen LogP contribution in [0.15, 0.2) is 36.4 Å². The van der Waals surface area contributed by atoms with Crippen LogP contribution in [0.25, 0.3) is 11.6 Å². The van der Waals surface area contributed by atoms with Crippen LogP contribution in [0.4, 0.5) is 0 Å². The molecular formula is C21H22O4. The van der Waals surface area contributed by atoms with Crippen molar-refractivity contribution in [1.29, 1.82) is 0 Å². The lowest BCUT2D eigenvalue weighted by atomic mass is 9.88. The lowest BCUT2D eigenvalue weighted by molar-refractivity contribution is -0.130. The van der Waals surface area contributed by atoms with Crippen LogP contribution in [0, 0.1) is 0 Å². The molecule has 0 radical (unpaired) electrons. The molecule has 0 atom stereocenters. The summed E-state index contributed by atoms with van der Waals surface area (Å²) in [5.41, 5.74) is 4.24. The molecule has 0 saturated carbocycles. The average Bonchev–Trinajstić information content (AvgIpc) is 2.65. The highest BCUT2D eigenvalue weighted by atomic mass is 16.5. The first-order valence-electron chi connectivity index (χ1n) is 8.42. The van der Waals surface area contributed by atoms with E-state index in [9.17, 15) is 9.90 Å². The number of hydrogen-bond donors (Lipinski definition) is 1. The van der Waals surface area contributed by atoms with E-state index < -0.39 is 5.97 Å². The van der Waals surface area contributed by atoms with Crippen molar-refractivity contribution in [2.75, 3.05) is 14.2 Å². The molecule has 3 rings (SSSR count). The van der Waals surface area contributed by atoms with Crippen molar-refractivity contribution in [2.45, 2.75) is 25.7 Å². The van der Waals surface area contributed by atoms with E-state index in [0.717, 1.165) is 24.8 Å². The largest absolute Gasteiger partial charge is 0.493 e. The zero-order valence-electron chi connectivity index (χ0n) is 14.5. The Morgan fingerprint density at radius 1 is 1.04 bits per heavy atom. The van der Waals surface area contributed by atoms with Gasteiger partial charge in [-0.3, -0.25) is 0 Å². The second-order valence-corrected chi connectivity index (χ2v) is 6.14. The summed E-state index contributed by atoms with van der Waals surface area (Å²) in [6, 6.07) is 11.4. The SMILES string of the molecule is COc1cccc(/C=C(\C(=O)O)c2ccc3c(c2)CCCC3)c1OC. The van der Waals surface area contributed by atoms with Crippen molar-refractivity contribution in [1.82, 2.24) is 0 Å². The van der Waals surface area contributed by atoms with Crippen LogP contribution in [0.3, 0.4) is 0 Å². The molecule has 0 spiro atoms. The molecule has 0 bridgehead atoms. The molecule has 2 aromatic rings. The minimum Gasteiger partial charge on any atom is -0.493 e. The maximum Gasteiger partial charge on any atom is 0.336 e. The predicted molar refractivity (Wildman–Crippen MR) is 98.1 cm³/mol. The standard InChI is InChI=1S/C21H22O4/c1-24-19-9-5-8-17(20(19)25-2)13-18(21(22)23)16-11-10-14-6-3-4-7-15(14)12-16/h5,8-13H,3-4,6-7H2,1-2H3,(H,22,23)/b18-13-. The first-order valence-corrected chi connectivity index (χ1v) is 8.42. The zero-order chi connectivity index (χ0) is 17.8. The number of aliphatic carboxylic acids is 1. The summed E-state index contributed by atoms with van der Waals surface area (Å²) in [6.45, 7) is 0. The summed E-state index contributed by atoms with van der Waals surface area (Å²) >= 11 is 0. The Kier molecular flexibility index (Phi) is 5.08. The predicted octanol–water partition coefficient (Wildman–Crippen LogP) is 4.21. The molecule has 0 unspecified atom stereocenters. The second kappa shape index (κ2) is 7.43. The number of carboxylic acids is 1. The molecule has 1 N–H and O–H groups in total. The van der Waals surface area contributed by atoms with Crippen molar-refractivity contribution in [2.24, 2.45) is 0 Å². The number of ether oxygens (including phenoxy) is 2. The monoisotopic (exact) mass is 338 g/mol. The van der Waals surface area contributed by atoms with E-state index in [1.54, 1.807) is 26.4 Å². The highest BCUT2D eigenvalue weighted by Gasteiger charge is 2.17. The van der Waals surface area contributed by atoms with Gasteiger partial charge >= 0.3 is 5.97 Å². The van der Waals surface area contributed by atoms with E-state index >= 15 is 0 Å². The highest BCUT2D eigenvalue weighted by molar-refractivity contribution is 6.20. The van der Waals surface area contributed by atoms with E-state index in [-0.39, 0.29) is 5.57 Å². The first-order chi connectivity index (χ1) is 12.1. The Morgan fingerprint density at radius 3 is 2.48 bits per heavy atom. The third kappa shape index (κ3) is 3.53. The van der Waals surface area contributed by atoms with Crippen molar-refractivity contribution in [3.05, 3.63) is 58.7 Å². The van der Waals surface area contributed by atoms with Crippen molar-refractivity contribution in [3.8, 4) is 11.5 Å². The van der Waals surface area contributed by atoms with Gasteiger partial charge in [-0.1, -0.05) is 30.3 Å². The number of carbonyl (C=O) groups is 1. The molecule has 0 saturated heterocycles. The molecule has 25 heavy (non-hydrogen) atoms. The average molecular weight is 338 g/mol. The fourth-order valence-corrected chi connectivity index (χ4v) is 3.35. The number of carboxylic acid groups (broad SMARTS) is 1. The van der Waals surface area contributed by atoms with Crippen LogP contribution >= 0.6 is 0 Å². The Labute approximate surface area is 147 Å². The Morgan fingerprint density at radius 2 is 1.80 bits per heavy atom. The minimum atomic E-state index is -0.958. The molecule has 4 heteroatoms. The molecule has 2 aromatic carbocycles. The van der Waals surface area contributed by atoms with Gasteiger partial charge in [0.2, 0.25) is 0 Å². The van der Waals surface area contributed by atoms with Gasteiger partial charge in [0.1, 0.15) is 0 Å². The van der Waals surface area contributed by atoms with Gasteiger partial charge in [0, 0.05) is 5.56 Å². The van der Waals surface area contributed by atoms with Crippen molar-refractivity contribution < 1.29 is 19.4 Å². The molecule has 0 aliphatic heterocycles. The van der Waals surface area contributed by atoms with Gasteiger partial charge in [-0.05, 0) is 54.5 Å². The molecule has 130 valence electrons. The van der Waals surface area contributed by atoms with E-state index in [1.807, 2.05) is 24.3 Å². The molecule has 1 aliphatic rings. The number of para-hydroxylation sites is 1. The van der Waals surface area contributed by atoms with Gasteiger partial charge in [0.05, 0.1) is 19.8 Å². The Hall–Kier alpha value is -2.75. The quantitative estimate of drug-likeness (QED) is 0.655. The molecule has 0 fully saturated rings. The molecule has 0 aromatic heterocycles. The van der Waals surface area contributed by atoms with Gasteiger partial charge in [0.25, 0.3) is 0 Å². The molecular weight excluding hydrogens is 316 g/mol. The van der Waals surface area contributed by atoms with Crippen molar-refractivity contribution >= 4 is 17.6 Å². The van der Waals surface area contributed by atoms with Gasteiger partial charge in [-0.15, -0.1) is 0 Å². The van der Waals surface area contributed by atoms with E-state index in [2.05, 4.69) is 6.07 Å². The lowest BCUT2D eigenvalue weighted by Crippen LogP contribution is -2.05. The van der Waals surface area contributed by atoms with Crippen LogP contribution in [0.1, 0.15) is 35.1 Å². The summed E-state index contributed by atoms with van der Waals surface area (Å²) in [4.78, 5) is 11.9. The summed E-state index contributed by atoms with van der Waals surface area (Å²) < 4.78 is 10.7. The minimum absolute atomic E-state index is 0.250. The van der Waals surface area contributed by atoms with E-state index in [4.69, 9.17) is 9.47 Å². The molecule has 4 nitrogen and oxygen atoms in total. The summed E-state index contributed by atoms with van der Waals surface area (Å²) in [7, 11) is 3.11. The van der Waals surface area contributed by atoms with Gasteiger partial charge in [-0.25, -0.2) is 4.79 Å². The van der Waals surface area contributed by atoms with Gasteiger partial charge < -0.3 is 14.6 Å². The third-order valence-corrected chi connectivity index (χ3v) is 4.62. The number of rotatable bonds is 5. The van der Waals surface area contributed by atoms with Gasteiger partial charge in [0.15, 0.2) is 11.5 Å². The van der Waals surface area contributed by atoms with Crippen LogP contribution < -0.4 is 9.47 Å². The number of methoxy groups -OCH3 is 2. The second-order valence-electron chi connectivity index (χ2n) is 6.14. The first kappa shape index (κ1) is 17.1. The molecule has 0 amide bonds. The van der Waals surface area contributed by atoms with Crippen molar-refractivity contribution in [3.63, 3.8) is 0 Å². The normalized spacial score (nSPS) is 13.9. The zero-order valence-corrected chi connectivity index (χ0v) is 14.5. The number of aryl methyl sites for hydroxylation is 2. The fraction of sp³-hybridized carbons (Fsp3) is 0.286. The molecule has 1 aliphatic carbocycles. The third-order valence-electron chi connectivity index (χ3n) is 4.62. The van der Waals surface area contributed by atoms with Crippen LogP contribution in [0.5, 0.6) is 11.5 Å². The topological polar surface area (TPSA) is 55.8 Å². The lowest BCUT2D eigenvalue weighted by Gasteiger charge is -2.17. The summed E-state index contributed by atoms with van der Waals surface area (Å²) in [5, 5.41) is 9.74. The number of benzene rings is 2. The van der Waals surface area contributed by atoms with Crippen LogP contribution in [-0.2, 0) is 17.6 Å². The van der Waals surface area contributed by atoms with E-state index in [0.29, 0.717) is 17.1 Å². The van der Waals surface area contributed by atoms with Gasteiger partial charge in [-0.2, -0.15) is 0 Å². The molecule has 0 heterocycles. The maximum atomic E-state index is 11.9. The summed E-state index contributed by atoms with van der Waals surface area (Å²) in [5.74, 6) is 0.147.